The molecule has 0 aliphatic rings. The fourth-order valence-corrected chi connectivity index (χ4v) is 4.79. The first-order valence-electron chi connectivity index (χ1n) is 13.9. The second kappa shape index (κ2) is 15.8. The van der Waals surface area contributed by atoms with Crippen LogP contribution >= 0.6 is 0 Å². The predicted molar refractivity (Wildman–Crippen MR) is 154 cm³/mol. The van der Waals surface area contributed by atoms with Crippen molar-refractivity contribution in [1.82, 2.24) is 20.1 Å². The molecule has 4 unspecified atom stereocenters. The van der Waals surface area contributed by atoms with Gasteiger partial charge in [-0.2, -0.15) is 0 Å². The van der Waals surface area contributed by atoms with E-state index in [1.807, 2.05) is 38.8 Å². The Labute approximate surface area is 235 Å². The van der Waals surface area contributed by atoms with Gasteiger partial charge in [0.15, 0.2) is 0 Å². The van der Waals surface area contributed by atoms with E-state index in [0.717, 1.165) is 18.4 Å². The maximum Gasteiger partial charge on any atom is 0.413 e. The van der Waals surface area contributed by atoms with Crippen LogP contribution in [0.4, 0.5) is 10.6 Å². The highest BCUT2D eigenvalue weighted by molar-refractivity contribution is 5.87. The van der Waals surface area contributed by atoms with Gasteiger partial charge in [-0.1, -0.05) is 41.0 Å². The van der Waals surface area contributed by atoms with Crippen molar-refractivity contribution < 1.29 is 23.9 Å². The molecule has 0 aromatic carbocycles. The highest BCUT2D eigenvalue weighted by Gasteiger charge is 2.32. The van der Waals surface area contributed by atoms with Crippen LogP contribution in [0.2, 0.25) is 0 Å². The van der Waals surface area contributed by atoms with Gasteiger partial charge in [0.2, 0.25) is 11.8 Å². The van der Waals surface area contributed by atoms with E-state index in [0.29, 0.717) is 12.4 Å². The van der Waals surface area contributed by atoms with Crippen LogP contribution in [0.25, 0.3) is 0 Å². The molecule has 222 valence electrons. The quantitative estimate of drug-likeness (QED) is 0.356. The van der Waals surface area contributed by atoms with Crippen LogP contribution in [0, 0.1) is 11.8 Å². The van der Waals surface area contributed by atoms with Gasteiger partial charge in [0, 0.05) is 26.9 Å². The smallest absolute Gasteiger partial charge is 0.413 e. The Morgan fingerprint density at radius 1 is 1.08 bits per heavy atom. The van der Waals surface area contributed by atoms with Crippen molar-refractivity contribution in [2.45, 2.75) is 98.6 Å². The zero-order valence-corrected chi connectivity index (χ0v) is 25.8. The minimum atomic E-state index is -0.618. The monoisotopic (exact) mass is 549 g/mol. The number of likely N-dealkylation sites (N-methyl/N-ethyl adjacent to an activating group) is 2. The molecule has 0 aliphatic carbocycles. The number of amides is 3. The van der Waals surface area contributed by atoms with E-state index in [-0.39, 0.29) is 42.3 Å². The fraction of sp³-hybridized carbons (Fsp3) is 0.724. The molecule has 1 aromatic heterocycles. The van der Waals surface area contributed by atoms with Gasteiger partial charge in [-0.25, -0.2) is 9.78 Å². The summed E-state index contributed by atoms with van der Waals surface area (Å²) < 4.78 is 11.0. The average Bonchev–Trinajstić information content (AvgIpc) is 2.83. The second-order valence-corrected chi connectivity index (χ2v) is 11.6. The number of methoxy groups -OCH3 is 1. The zero-order chi connectivity index (χ0) is 29.9. The molecule has 0 saturated carbocycles. The standard InChI is InChI=1S/C29H51N5O5/c1-12-20(5)26(22(13-2)38-11)34(10)24(35)17-31-27(36)25(19(3)4)33(9)18-21-14-15-30-23(16-21)32-28(37)39-29(6,7)8/h14-16,19-20,22,25-26H,12-13,17-18H2,1-11H3,(H,31,36)(H,30,32,37). The number of ether oxygens (including phenoxy) is 2. The molecule has 1 rings (SSSR count). The fourth-order valence-electron chi connectivity index (χ4n) is 4.79. The summed E-state index contributed by atoms with van der Waals surface area (Å²) in [4.78, 5) is 46.3. The van der Waals surface area contributed by atoms with Crippen molar-refractivity contribution in [3.8, 4) is 0 Å². The van der Waals surface area contributed by atoms with Gasteiger partial charge in [0.05, 0.1) is 24.7 Å². The third-order valence-electron chi connectivity index (χ3n) is 6.83. The van der Waals surface area contributed by atoms with E-state index in [9.17, 15) is 14.4 Å². The minimum absolute atomic E-state index is 0.00477. The van der Waals surface area contributed by atoms with E-state index < -0.39 is 17.7 Å². The molecule has 2 N–H and O–H groups in total. The molecular formula is C29H51N5O5. The first kappa shape index (κ1) is 34.3. The van der Waals surface area contributed by atoms with E-state index in [4.69, 9.17) is 9.47 Å². The number of hydrogen-bond acceptors (Lipinski definition) is 7. The second-order valence-electron chi connectivity index (χ2n) is 11.6. The summed E-state index contributed by atoms with van der Waals surface area (Å²) in [6, 6.07) is 3.04. The first-order chi connectivity index (χ1) is 18.1. The summed E-state index contributed by atoms with van der Waals surface area (Å²) >= 11 is 0. The molecule has 10 nitrogen and oxygen atoms in total. The Hall–Kier alpha value is -2.72. The van der Waals surface area contributed by atoms with Crippen LogP contribution in [0.1, 0.15) is 73.8 Å². The normalized spacial score (nSPS) is 14.9. The molecule has 1 heterocycles. The molecular weight excluding hydrogens is 498 g/mol. The van der Waals surface area contributed by atoms with Crippen molar-refractivity contribution in [3.63, 3.8) is 0 Å². The summed E-state index contributed by atoms with van der Waals surface area (Å²) in [5.74, 6) is 0.251. The predicted octanol–water partition coefficient (Wildman–Crippen LogP) is 4.30. The molecule has 0 aliphatic heterocycles. The summed E-state index contributed by atoms with van der Waals surface area (Å²) in [5.41, 5.74) is 0.251. The molecule has 39 heavy (non-hydrogen) atoms. The molecule has 0 radical (unpaired) electrons. The number of nitrogens with zero attached hydrogens (tertiary/aromatic N) is 3. The first-order valence-corrected chi connectivity index (χ1v) is 13.9. The third kappa shape index (κ3) is 11.1. The number of aromatic nitrogens is 1. The maximum absolute atomic E-state index is 13.3. The van der Waals surface area contributed by atoms with Crippen LogP contribution in [-0.2, 0) is 25.6 Å². The van der Waals surface area contributed by atoms with Gasteiger partial charge in [-0.3, -0.25) is 19.8 Å². The van der Waals surface area contributed by atoms with Gasteiger partial charge in [0.1, 0.15) is 11.4 Å². The number of pyridine rings is 1. The lowest BCUT2D eigenvalue weighted by Crippen LogP contribution is -2.54. The Kier molecular flexibility index (Phi) is 13.9. The lowest BCUT2D eigenvalue weighted by Gasteiger charge is -2.37. The average molecular weight is 550 g/mol. The van der Waals surface area contributed by atoms with Crippen LogP contribution in [-0.4, -0.2) is 84.2 Å². The van der Waals surface area contributed by atoms with E-state index in [2.05, 4.69) is 29.5 Å². The van der Waals surface area contributed by atoms with Gasteiger partial charge in [0.25, 0.3) is 0 Å². The van der Waals surface area contributed by atoms with Gasteiger partial charge >= 0.3 is 6.09 Å². The summed E-state index contributed by atoms with van der Waals surface area (Å²) in [6.45, 7) is 15.9. The molecule has 0 fully saturated rings. The Morgan fingerprint density at radius 2 is 1.72 bits per heavy atom. The Balaban J connectivity index is 2.88. The van der Waals surface area contributed by atoms with Crippen molar-refractivity contribution in [3.05, 3.63) is 23.9 Å². The van der Waals surface area contributed by atoms with Crippen molar-refractivity contribution in [2.75, 3.05) is 33.1 Å². The molecule has 0 saturated heterocycles. The zero-order valence-electron chi connectivity index (χ0n) is 25.8. The highest BCUT2D eigenvalue weighted by Crippen LogP contribution is 2.21. The summed E-state index contributed by atoms with van der Waals surface area (Å²) in [7, 11) is 5.32. The van der Waals surface area contributed by atoms with Gasteiger partial charge in [-0.05, 0) is 63.8 Å². The van der Waals surface area contributed by atoms with Crippen LogP contribution in [0.15, 0.2) is 18.3 Å². The van der Waals surface area contributed by atoms with E-state index >= 15 is 0 Å². The van der Waals surface area contributed by atoms with E-state index in [1.165, 1.54) is 0 Å². The molecule has 3 amide bonds. The van der Waals surface area contributed by atoms with Crippen molar-refractivity contribution in [1.29, 1.82) is 0 Å². The molecule has 4 atom stereocenters. The number of carbonyl (C=O) groups is 3. The van der Waals surface area contributed by atoms with Crippen LogP contribution < -0.4 is 10.6 Å². The Bertz CT molecular complexity index is 929. The molecule has 0 spiro atoms. The highest BCUT2D eigenvalue weighted by atomic mass is 16.6. The minimum Gasteiger partial charge on any atom is -0.444 e. The number of carbonyl (C=O) groups excluding carboxylic acids is 3. The van der Waals surface area contributed by atoms with Crippen molar-refractivity contribution >= 4 is 23.7 Å². The number of nitrogens with one attached hydrogen (secondary N) is 2. The Morgan fingerprint density at radius 3 is 2.23 bits per heavy atom. The lowest BCUT2D eigenvalue weighted by atomic mass is 9.91. The number of hydrogen-bond donors (Lipinski definition) is 2. The van der Waals surface area contributed by atoms with Crippen LogP contribution in [0.5, 0.6) is 0 Å². The van der Waals surface area contributed by atoms with E-state index in [1.54, 1.807) is 52.1 Å². The summed E-state index contributed by atoms with van der Waals surface area (Å²) in [6.07, 6.45) is 2.65. The number of anilines is 1. The lowest BCUT2D eigenvalue weighted by molar-refractivity contribution is -0.138. The molecule has 0 bridgehead atoms. The molecule has 1 aromatic rings. The third-order valence-corrected chi connectivity index (χ3v) is 6.83. The van der Waals surface area contributed by atoms with Crippen LogP contribution in [0.3, 0.4) is 0 Å². The molecule has 10 heteroatoms. The van der Waals surface area contributed by atoms with Gasteiger partial charge in [-0.15, -0.1) is 0 Å². The SMILES string of the molecule is CCC(C)C(C(CC)OC)N(C)C(=O)CNC(=O)C(C(C)C)N(C)Cc1ccnc(NC(=O)OC(C)(C)C)c1. The maximum atomic E-state index is 13.3. The largest absolute Gasteiger partial charge is 0.444 e. The topological polar surface area (TPSA) is 113 Å². The van der Waals surface area contributed by atoms with Gasteiger partial charge < -0.3 is 19.7 Å². The number of rotatable bonds is 14. The summed E-state index contributed by atoms with van der Waals surface area (Å²) in [5, 5.41) is 5.51. The van der Waals surface area contributed by atoms with Crippen molar-refractivity contribution in [2.24, 2.45) is 11.8 Å².